The number of halogens is 6. The van der Waals surface area contributed by atoms with Gasteiger partial charge in [0, 0.05) is 15.1 Å². The Hall–Kier alpha value is -2.68. The minimum Gasteiger partial charge on any atom is -0.504 e. The molecule has 4 aromatic carbocycles. The highest BCUT2D eigenvalue weighted by Gasteiger charge is 2.20. The second-order valence-corrected chi connectivity index (χ2v) is 16.6. The minimum atomic E-state index is -3.67. The van der Waals surface area contributed by atoms with Crippen molar-refractivity contribution in [1.29, 1.82) is 0 Å². The molecule has 0 unspecified atom stereocenters. The fourth-order valence-electron chi connectivity index (χ4n) is 3.42. The predicted octanol–water partition coefficient (Wildman–Crippen LogP) is 9.39. The molecular formula is C30H31Cl6N3O7S2. The van der Waals surface area contributed by atoms with Crippen LogP contribution in [0.3, 0.4) is 0 Å². The lowest BCUT2D eigenvalue weighted by Gasteiger charge is -2.14. The van der Waals surface area contributed by atoms with Gasteiger partial charge in [0.05, 0.1) is 43.1 Å². The number of anilines is 3. The van der Waals surface area contributed by atoms with Gasteiger partial charge in [-0.1, -0.05) is 99.9 Å². The molecular weight excluding hydrogens is 791 g/mol. The van der Waals surface area contributed by atoms with E-state index in [4.69, 9.17) is 75.3 Å². The monoisotopic (exact) mass is 819 g/mol. The third-order valence-corrected chi connectivity index (χ3v) is 11.4. The summed E-state index contributed by atoms with van der Waals surface area (Å²) in [5.74, 6) is -0.990. The lowest BCUT2D eigenvalue weighted by molar-refractivity contribution is 0.477. The lowest BCUT2D eigenvalue weighted by Crippen LogP contribution is -2.22. The number of sulfonamides is 2. The summed E-state index contributed by atoms with van der Waals surface area (Å²) < 4.78 is 51.9. The largest absolute Gasteiger partial charge is 0.504 e. The number of hydrogen-bond donors (Lipinski definition) is 6. The van der Waals surface area contributed by atoms with Gasteiger partial charge in [-0.2, -0.15) is 0 Å². The average molecular weight is 822 g/mol. The molecule has 0 saturated heterocycles. The van der Waals surface area contributed by atoms with E-state index in [-0.39, 0.29) is 65.2 Å². The van der Waals surface area contributed by atoms with Gasteiger partial charge in [0.15, 0.2) is 17.2 Å². The number of aromatic hydroxyl groups is 3. The number of phenols is 3. The number of nitrogen functional groups attached to an aromatic ring is 1. The van der Waals surface area contributed by atoms with Crippen LogP contribution in [0.1, 0.15) is 30.5 Å². The Kier molecular flexibility index (Phi) is 15.0. The molecule has 0 aliphatic rings. The van der Waals surface area contributed by atoms with Crippen LogP contribution in [-0.4, -0.2) is 37.4 Å². The van der Waals surface area contributed by atoms with E-state index >= 15 is 0 Å². The van der Waals surface area contributed by atoms with Gasteiger partial charge in [-0.3, -0.25) is 9.44 Å². The molecule has 0 aliphatic heterocycles. The topological polar surface area (TPSA) is 179 Å². The average Bonchev–Trinajstić information content (AvgIpc) is 2.99. The van der Waals surface area contributed by atoms with Crippen molar-refractivity contribution in [3.8, 4) is 17.2 Å². The van der Waals surface area contributed by atoms with E-state index in [1.165, 1.54) is 38.1 Å². The number of benzene rings is 4. The van der Waals surface area contributed by atoms with Crippen LogP contribution in [-0.2, 0) is 25.8 Å². The summed E-state index contributed by atoms with van der Waals surface area (Å²) in [6, 6.07) is 14.1. The molecule has 0 radical (unpaired) electrons. The number of nitrogens with two attached hydrogens (primary N) is 1. The normalized spacial score (nSPS) is 11.2. The Bertz CT molecular complexity index is 1970. The predicted molar refractivity (Wildman–Crippen MR) is 199 cm³/mol. The minimum absolute atomic E-state index is 0.0145. The molecule has 4 aromatic rings. The fraction of sp³-hybridized carbons (Fsp3) is 0.200. The maximum Gasteiger partial charge on any atom is 0.237 e. The molecule has 0 spiro atoms. The number of rotatable bonds is 7. The van der Waals surface area contributed by atoms with Gasteiger partial charge in [0.1, 0.15) is 0 Å². The second kappa shape index (κ2) is 17.3. The van der Waals surface area contributed by atoms with Crippen LogP contribution in [0, 0.1) is 13.8 Å². The molecule has 4 rings (SSSR count). The molecule has 0 amide bonds. The molecule has 0 aliphatic carbocycles. The summed E-state index contributed by atoms with van der Waals surface area (Å²) in [5.41, 5.74) is 7.28. The van der Waals surface area contributed by atoms with E-state index in [0.717, 1.165) is 0 Å². The van der Waals surface area contributed by atoms with Crippen molar-refractivity contribution < 1.29 is 32.2 Å². The van der Waals surface area contributed by atoms with Crippen LogP contribution in [0.2, 0.25) is 30.1 Å². The zero-order valence-electron chi connectivity index (χ0n) is 25.6. The standard InChI is InChI=1S/C13H11Cl2NO3S.C10H13Cl2NO3S.C7H7Cl2NO/c14-10-6-11(15)13(17)12(7-10)16-20(18,19)8-9-4-2-1-3-5-9;1-5(2)17(15,16)13-8-4-7(11)6(3)9(12)10(8)14;1-3-4(8)2-5(10)7(11)6(3)9/h1-7,16-17H,8H2;4-5,13-14H,1-3H3;2,11H,10H2,1H3. The molecule has 0 atom stereocenters. The highest BCUT2D eigenvalue weighted by atomic mass is 35.5. The molecule has 0 saturated carbocycles. The van der Waals surface area contributed by atoms with Crippen LogP contribution < -0.4 is 15.2 Å². The summed E-state index contributed by atoms with van der Waals surface area (Å²) in [5, 5.41) is 29.3. The van der Waals surface area contributed by atoms with Crippen molar-refractivity contribution in [1.82, 2.24) is 0 Å². The van der Waals surface area contributed by atoms with E-state index in [9.17, 15) is 32.2 Å². The van der Waals surface area contributed by atoms with Gasteiger partial charge in [-0.05, 0) is 68.7 Å². The van der Waals surface area contributed by atoms with Crippen molar-refractivity contribution in [2.24, 2.45) is 0 Å². The third kappa shape index (κ3) is 11.4. The van der Waals surface area contributed by atoms with Crippen LogP contribution in [0.5, 0.6) is 17.2 Å². The molecule has 0 fully saturated rings. The van der Waals surface area contributed by atoms with Gasteiger partial charge in [-0.15, -0.1) is 0 Å². The van der Waals surface area contributed by atoms with Crippen LogP contribution in [0.4, 0.5) is 17.1 Å². The summed E-state index contributed by atoms with van der Waals surface area (Å²) in [6.07, 6.45) is 0. The zero-order chi connectivity index (χ0) is 36.7. The summed E-state index contributed by atoms with van der Waals surface area (Å²) in [4.78, 5) is 0. The molecule has 0 heterocycles. The third-order valence-electron chi connectivity index (χ3n) is 6.24. The van der Waals surface area contributed by atoms with Gasteiger partial charge in [-0.25, -0.2) is 16.8 Å². The molecule has 0 aromatic heterocycles. The Balaban J connectivity index is 0.000000261. The van der Waals surface area contributed by atoms with E-state index in [0.29, 0.717) is 21.7 Å². The van der Waals surface area contributed by atoms with E-state index in [1.807, 2.05) is 0 Å². The zero-order valence-corrected chi connectivity index (χ0v) is 31.8. The van der Waals surface area contributed by atoms with Crippen LogP contribution >= 0.6 is 69.6 Å². The number of nitrogens with one attached hydrogen (secondary N) is 2. The fourth-order valence-corrected chi connectivity index (χ4v) is 6.73. The smallest absolute Gasteiger partial charge is 0.237 e. The summed E-state index contributed by atoms with van der Waals surface area (Å²) >= 11 is 34.6. The molecule has 48 heavy (non-hydrogen) atoms. The quantitative estimate of drug-likeness (QED) is 0.0788. The first-order valence-corrected chi connectivity index (χ1v) is 18.9. The Morgan fingerprint density at radius 3 is 1.73 bits per heavy atom. The van der Waals surface area contributed by atoms with Gasteiger partial charge >= 0.3 is 0 Å². The van der Waals surface area contributed by atoms with Crippen molar-refractivity contribution in [3.63, 3.8) is 0 Å². The first-order valence-electron chi connectivity index (χ1n) is 13.4. The van der Waals surface area contributed by atoms with Crippen LogP contribution in [0.15, 0.2) is 54.6 Å². The Labute approximate surface area is 309 Å². The first-order chi connectivity index (χ1) is 22.1. The lowest BCUT2D eigenvalue weighted by atomic mass is 10.2. The Morgan fingerprint density at radius 2 is 1.19 bits per heavy atom. The molecule has 10 nitrogen and oxygen atoms in total. The van der Waals surface area contributed by atoms with Crippen molar-refractivity contribution in [2.45, 2.75) is 38.7 Å². The van der Waals surface area contributed by atoms with E-state index in [1.54, 1.807) is 44.2 Å². The molecule has 0 bridgehead atoms. The first kappa shape index (κ1) is 41.5. The van der Waals surface area contributed by atoms with Crippen LogP contribution in [0.25, 0.3) is 0 Å². The summed E-state index contributed by atoms with van der Waals surface area (Å²) in [6.45, 7) is 6.39. The molecule has 7 N–H and O–H groups in total. The van der Waals surface area contributed by atoms with Gasteiger partial charge in [0.25, 0.3) is 0 Å². The number of hydrogen-bond acceptors (Lipinski definition) is 8. The van der Waals surface area contributed by atoms with Crippen molar-refractivity contribution >= 4 is 107 Å². The van der Waals surface area contributed by atoms with E-state index < -0.39 is 25.3 Å². The van der Waals surface area contributed by atoms with Gasteiger partial charge in [0.2, 0.25) is 20.0 Å². The maximum absolute atomic E-state index is 12.0. The van der Waals surface area contributed by atoms with Crippen molar-refractivity contribution in [2.75, 3.05) is 15.2 Å². The maximum atomic E-state index is 12.0. The summed E-state index contributed by atoms with van der Waals surface area (Å²) in [7, 11) is -7.22. The molecule has 18 heteroatoms. The van der Waals surface area contributed by atoms with Crippen molar-refractivity contribution in [3.05, 3.63) is 101 Å². The Morgan fingerprint density at radius 1 is 0.688 bits per heavy atom. The molecule has 262 valence electrons. The SMILES string of the molecule is Cc1c(Cl)cc(N)c(O)c1Cl.Cc1c(Cl)cc(NS(=O)(=O)C(C)C)c(O)c1Cl.O=S(=O)(Cc1ccccc1)Nc1cc(Cl)cc(Cl)c1O. The highest BCUT2D eigenvalue weighted by Crippen LogP contribution is 2.40. The van der Waals surface area contributed by atoms with E-state index in [2.05, 4.69) is 9.44 Å². The number of phenolic OH excluding ortho intramolecular Hbond substituents is 3. The highest BCUT2D eigenvalue weighted by molar-refractivity contribution is 7.93. The second-order valence-electron chi connectivity index (χ2n) is 10.3. The van der Waals surface area contributed by atoms with Gasteiger partial charge < -0.3 is 21.1 Å².